The van der Waals surface area contributed by atoms with Crippen LogP contribution in [0.1, 0.15) is 17.5 Å². The highest BCUT2D eigenvalue weighted by Crippen LogP contribution is 2.13. The average Bonchev–Trinajstić information content (AvgIpc) is 2.90. The molecule has 0 spiro atoms. The number of nitrogens with one attached hydrogen (secondary N) is 1. The van der Waals surface area contributed by atoms with Gasteiger partial charge in [0.25, 0.3) is 0 Å². The van der Waals surface area contributed by atoms with Crippen molar-refractivity contribution in [1.82, 2.24) is 20.2 Å². The number of amides is 2. The van der Waals surface area contributed by atoms with Crippen molar-refractivity contribution in [2.45, 2.75) is 19.8 Å². The van der Waals surface area contributed by atoms with Crippen LogP contribution in [0.5, 0.6) is 0 Å². The number of carbonyl (C=O) groups excluding carboxylic acids is 1. The normalized spacial score (nSPS) is 14.9. The molecule has 0 aromatic carbocycles. The molecule has 2 aromatic heterocycles. The number of aryl methyl sites for hydroxylation is 1. The lowest BCUT2D eigenvalue weighted by Crippen LogP contribution is -2.42. The van der Waals surface area contributed by atoms with Crippen LogP contribution in [0.2, 0.25) is 0 Å². The Morgan fingerprint density at radius 1 is 1.16 bits per heavy atom. The molecular weight excluding hydrogens is 314 g/mol. The minimum Gasteiger partial charge on any atom is -0.355 e. The fraction of sp³-hybridized carbons (Fsp3) is 0.421. The number of anilines is 1. The number of hydrogen-bond donors (Lipinski definition) is 1. The summed E-state index contributed by atoms with van der Waals surface area (Å²) in [5.41, 5.74) is 2.39. The van der Waals surface area contributed by atoms with Crippen LogP contribution in [-0.2, 0) is 6.42 Å². The fourth-order valence-electron chi connectivity index (χ4n) is 3.09. The molecule has 0 aliphatic carbocycles. The Morgan fingerprint density at radius 2 is 2.08 bits per heavy atom. The Morgan fingerprint density at radius 3 is 2.88 bits per heavy atom. The third-order valence-electron chi connectivity index (χ3n) is 4.56. The van der Waals surface area contributed by atoms with Gasteiger partial charge in [-0.05, 0) is 49.1 Å². The predicted molar refractivity (Wildman–Crippen MR) is 98.7 cm³/mol. The van der Waals surface area contributed by atoms with Crippen LogP contribution in [0, 0.1) is 6.92 Å². The van der Waals surface area contributed by atoms with Crippen LogP contribution in [0.4, 0.5) is 10.6 Å². The number of rotatable bonds is 4. The molecule has 1 saturated heterocycles. The first-order chi connectivity index (χ1) is 12.2. The first kappa shape index (κ1) is 17.2. The van der Waals surface area contributed by atoms with E-state index < -0.39 is 0 Å². The maximum Gasteiger partial charge on any atom is 0.317 e. The van der Waals surface area contributed by atoms with E-state index in [4.69, 9.17) is 0 Å². The molecule has 25 heavy (non-hydrogen) atoms. The highest BCUT2D eigenvalue weighted by atomic mass is 16.2. The van der Waals surface area contributed by atoms with Gasteiger partial charge in [0.2, 0.25) is 0 Å². The molecule has 0 bridgehead atoms. The molecule has 0 saturated carbocycles. The largest absolute Gasteiger partial charge is 0.355 e. The minimum atomic E-state index is 0.0228. The van der Waals surface area contributed by atoms with E-state index in [1.165, 1.54) is 5.56 Å². The van der Waals surface area contributed by atoms with Crippen molar-refractivity contribution in [3.8, 4) is 0 Å². The lowest BCUT2D eigenvalue weighted by molar-refractivity contribution is 0.201. The molecule has 1 aliphatic rings. The van der Waals surface area contributed by atoms with Crippen LogP contribution in [0.25, 0.3) is 0 Å². The van der Waals surface area contributed by atoms with E-state index >= 15 is 0 Å². The molecule has 2 aromatic rings. The summed E-state index contributed by atoms with van der Waals surface area (Å²) in [4.78, 5) is 25.1. The molecular formula is C19H25N5O. The van der Waals surface area contributed by atoms with Gasteiger partial charge in [0, 0.05) is 51.3 Å². The number of carbonyl (C=O) groups is 1. The maximum atomic E-state index is 12.4. The summed E-state index contributed by atoms with van der Waals surface area (Å²) < 4.78 is 0. The molecule has 6 nitrogen and oxygen atoms in total. The van der Waals surface area contributed by atoms with Crippen LogP contribution in [-0.4, -0.2) is 53.6 Å². The number of hydrogen-bond acceptors (Lipinski definition) is 4. The van der Waals surface area contributed by atoms with Gasteiger partial charge in [-0.3, -0.25) is 4.98 Å². The Labute approximate surface area is 148 Å². The molecule has 6 heteroatoms. The fourth-order valence-corrected chi connectivity index (χ4v) is 3.09. The van der Waals surface area contributed by atoms with Crippen LogP contribution in [0.15, 0.2) is 42.9 Å². The van der Waals surface area contributed by atoms with Gasteiger partial charge in [-0.1, -0.05) is 6.07 Å². The highest BCUT2D eigenvalue weighted by Gasteiger charge is 2.19. The summed E-state index contributed by atoms with van der Waals surface area (Å²) >= 11 is 0. The second-order valence-corrected chi connectivity index (χ2v) is 6.30. The molecule has 0 atom stereocenters. The molecule has 0 radical (unpaired) electrons. The third-order valence-corrected chi connectivity index (χ3v) is 4.56. The maximum absolute atomic E-state index is 12.4. The molecule has 3 heterocycles. The van der Waals surface area contributed by atoms with Gasteiger partial charge in [0.05, 0.1) is 0 Å². The summed E-state index contributed by atoms with van der Waals surface area (Å²) in [7, 11) is 0. The molecule has 1 aliphatic heterocycles. The summed E-state index contributed by atoms with van der Waals surface area (Å²) in [6.45, 7) is 5.93. The Bertz CT molecular complexity index is 691. The summed E-state index contributed by atoms with van der Waals surface area (Å²) in [5.74, 6) is 0.984. The van der Waals surface area contributed by atoms with Crippen molar-refractivity contribution >= 4 is 11.8 Å². The Balaban J connectivity index is 1.47. The van der Waals surface area contributed by atoms with Crippen LogP contribution < -0.4 is 10.2 Å². The zero-order valence-corrected chi connectivity index (χ0v) is 14.7. The first-order valence-corrected chi connectivity index (χ1v) is 8.82. The SMILES string of the molecule is Cc1cnccc1CCNC(=O)N1CCCN(c2ccccn2)CC1. The quantitative estimate of drug-likeness (QED) is 0.928. The number of nitrogens with zero attached hydrogens (tertiary/aromatic N) is 4. The van der Waals surface area contributed by atoms with Gasteiger partial charge in [-0.25, -0.2) is 9.78 Å². The van der Waals surface area contributed by atoms with Crippen LogP contribution in [0.3, 0.4) is 0 Å². The van der Waals surface area contributed by atoms with E-state index in [-0.39, 0.29) is 6.03 Å². The van der Waals surface area contributed by atoms with Gasteiger partial charge >= 0.3 is 6.03 Å². The molecule has 3 rings (SSSR count). The predicted octanol–water partition coefficient (Wildman–Crippen LogP) is 2.25. The summed E-state index contributed by atoms with van der Waals surface area (Å²) in [5, 5.41) is 3.04. The summed E-state index contributed by atoms with van der Waals surface area (Å²) in [6.07, 6.45) is 7.25. The van der Waals surface area contributed by atoms with E-state index in [9.17, 15) is 4.79 Å². The minimum absolute atomic E-state index is 0.0228. The average molecular weight is 339 g/mol. The second-order valence-electron chi connectivity index (χ2n) is 6.30. The number of aromatic nitrogens is 2. The van der Waals surface area contributed by atoms with E-state index in [1.807, 2.05) is 48.5 Å². The van der Waals surface area contributed by atoms with Gasteiger partial charge in [-0.2, -0.15) is 0 Å². The van der Waals surface area contributed by atoms with Gasteiger partial charge in [0.1, 0.15) is 5.82 Å². The third kappa shape index (κ3) is 4.68. The van der Waals surface area contributed by atoms with E-state index in [2.05, 4.69) is 20.2 Å². The lowest BCUT2D eigenvalue weighted by Gasteiger charge is -2.23. The van der Waals surface area contributed by atoms with Gasteiger partial charge in [0.15, 0.2) is 0 Å². The van der Waals surface area contributed by atoms with Crippen molar-refractivity contribution in [3.05, 3.63) is 54.0 Å². The molecule has 0 unspecified atom stereocenters. The second kappa shape index (κ2) is 8.46. The monoisotopic (exact) mass is 339 g/mol. The lowest BCUT2D eigenvalue weighted by atomic mass is 10.1. The Kier molecular flexibility index (Phi) is 5.82. The molecule has 1 fully saturated rings. The van der Waals surface area contributed by atoms with Gasteiger partial charge in [-0.15, -0.1) is 0 Å². The van der Waals surface area contributed by atoms with E-state index in [1.54, 1.807) is 6.20 Å². The highest BCUT2D eigenvalue weighted by molar-refractivity contribution is 5.74. The molecule has 1 N–H and O–H groups in total. The van der Waals surface area contributed by atoms with Crippen molar-refractivity contribution in [2.24, 2.45) is 0 Å². The van der Waals surface area contributed by atoms with Crippen molar-refractivity contribution in [1.29, 1.82) is 0 Å². The van der Waals surface area contributed by atoms with E-state index in [0.717, 1.165) is 50.4 Å². The van der Waals surface area contributed by atoms with Crippen molar-refractivity contribution in [3.63, 3.8) is 0 Å². The number of urea groups is 1. The topological polar surface area (TPSA) is 61.4 Å². The van der Waals surface area contributed by atoms with Crippen molar-refractivity contribution < 1.29 is 4.79 Å². The smallest absolute Gasteiger partial charge is 0.317 e. The summed E-state index contributed by atoms with van der Waals surface area (Å²) in [6, 6.07) is 7.98. The zero-order chi connectivity index (χ0) is 17.5. The molecule has 132 valence electrons. The number of pyridine rings is 2. The zero-order valence-electron chi connectivity index (χ0n) is 14.7. The standard InChI is InChI=1S/C19H25N5O/c1-16-15-20-9-6-17(16)7-10-22-19(25)24-12-4-11-23(13-14-24)18-5-2-3-8-21-18/h2-3,5-6,8-9,15H,4,7,10-14H2,1H3,(H,22,25). The van der Waals surface area contributed by atoms with E-state index in [0.29, 0.717) is 6.54 Å². The van der Waals surface area contributed by atoms with Crippen LogP contribution >= 0.6 is 0 Å². The molecule has 2 amide bonds. The first-order valence-electron chi connectivity index (χ1n) is 8.82. The Hall–Kier alpha value is -2.63. The van der Waals surface area contributed by atoms with Crippen molar-refractivity contribution in [2.75, 3.05) is 37.6 Å². The van der Waals surface area contributed by atoms with Gasteiger partial charge < -0.3 is 15.1 Å².